The maximum Gasteiger partial charge on any atom is 0.234 e. The highest BCUT2D eigenvalue weighted by atomic mass is 35.5. The van der Waals surface area contributed by atoms with Gasteiger partial charge in [-0.2, -0.15) is 0 Å². The summed E-state index contributed by atoms with van der Waals surface area (Å²) < 4.78 is 5.87. The number of benzene rings is 1. The molecule has 6 heterocycles. The number of anilines is 3. The number of aliphatic hydroxyl groups excluding tert-OH is 1. The lowest BCUT2D eigenvalue weighted by atomic mass is 9.49. The van der Waals surface area contributed by atoms with Gasteiger partial charge in [-0.3, -0.25) is 4.79 Å². The van der Waals surface area contributed by atoms with Gasteiger partial charge >= 0.3 is 0 Å². The zero-order valence-electron chi connectivity index (χ0n) is 36.1. The van der Waals surface area contributed by atoms with E-state index in [1.807, 2.05) is 39.0 Å². The Morgan fingerprint density at radius 1 is 1.00 bits per heavy atom. The van der Waals surface area contributed by atoms with Gasteiger partial charge in [-0.05, 0) is 119 Å². The Morgan fingerprint density at radius 3 is 2.38 bits per heavy atom. The van der Waals surface area contributed by atoms with Crippen LogP contribution in [-0.2, 0) is 4.79 Å². The van der Waals surface area contributed by atoms with Crippen LogP contribution in [0.4, 0.5) is 17.5 Å². The Morgan fingerprint density at radius 2 is 1.72 bits per heavy atom. The van der Waals surface area contributed by atoms with Crippen molar-refractivity contribution in [2.75, 3.05) is 48.3 Å². The highest BCUT2D eigenvalue weighted by molar-refractivity contribution is 6.32. The Bertz CT molecular complexity index is 2200. The number of nitrogens with two attached hydrogens (primary N) is 1. The molecule has 1 amide bonds. The van der Waals surface area contributed by atoms with E-state index in [0.717, 1.165) is 75.6 Å². The first-order valence-corrected chi connectivity index (χ1v) is 22.8. The quantitative estimate of drug-likeness (QED) is 0.149. The molecule has 5 fully saturated rings. The number of rotatable bonds is 10. The summed E-state index contributed by atoms with van der Waals surface area (Å²) in [6, 6.07) is 9.98. The number of aliphatic hydroxyl groups is 1. The van der Waals surface area contributed by atoms with Crippen molar-refractivity contribution in [3.05, 3.63) is 64.8 Å². The summed E-state index contributed by atoms with van der Waals surface area (Å²) in [5.41, 5.74) is 10.8. The summed E-state index contributed by atoms with van der Waals surface area (Å²) in [5, 5.41) is 34.2. The fraction of sp³-hybridized carbons (Fsp3) is 0.609. The molecule has 1 spiro atoms. The lowest BCUT2D eigenvalue weighted by Crippen LogP contribution is -2.58. The van der Waals surface area contributed by atoms with Crippen molar-refractivity contribution in [3.63, 3.8) is 0 Å². The number of likely N-dealkylation sites (tertiary alicyclic amines) is 2. The maximum absolute atomic E-state index is 13.7. The van der Waals surface area contributed by atoms with Crippen LogP contribution in [0.2, 0.25) is 5.02 Å². The van der Waals surface area contributed by atoms with Crippen molar-refractivity contribution in [2.24, 2.45) is 11.3 Å². The Balaban J connectivity index is 0.765. The van der Waals surface area contributed by atoms with Gasteiger partial charge in [-0.1, -0.05) is 49.7 Å². The molecule has 5 atom stereocenters. The molecule has 4 aromatic rings. The molecule has 3 saturated heterocycles. The third-order valence-corrected chi connectivity index (χ3v) is 15.2. The minimum absolute atomic E-state index is 0.0108. The number of aromatic hydroxyl groups is 1. The average Bonchev–Trinajstić information content (AvgIpc) is 3.76. The largest absolute Gasteiger partial charge is 0.507 e. The minimum Gasteiger partial charge on any atom is -0.507 e. The van der Waals surface area contributed by atoms with E-state index in [2.05, 4.69) is 56.3 Å². The summed E-state index contributed by atoms with van der Waals surface area (Å²) in [5.74, 6) is 1.93. The molecule has 2 saturated carbocycles. The van der Waals surface area contributed by atoms with Gasteiger partial charge in [0.2, 0.25) is 11.9 Å². The molecule has 9 rings (SSSR count). The first-order valence-electron chi connectivity index (χ1n) is 22.5. The van der Waals surface area contributed by atoms with Crippen LogP contribution in [0, 0.1) is 11.3 Å². The summed E-state index contributed by atoms with van der Waals surface area (Å²) in [4.78, 5) is 32.7. The number of phenols is 1. The molecule has 1 aromatic carbocycles. The smallest absolute Gasteiger partial charge is 0.234 e. The van der Waals surface area contributed by atoms with Gasteiger partial charge in [0.25, 0.3) is 0 Å². The van der Waals surface area contributed by atoms with Crippen molar-refractivity contribution >= 4 is 35.0 Å². The molecule has 326 valence electrons. The van der Waals surface area contributed by atoms with Crippen LogP contribution in [0.25, 0.3) is 11.3 Å². The van der Waals surface area contributed by atoms with E-state index >= 15 is 0 Å². The number of piperazine rings is 1. The summed E-state index contributed by atoms with van der Waals surface area (Å²) in [6.45, 7) is 14.4. The average molecular weight is 854 g/mol. The van der Waals surface area contributed by atoms with Crippen LogP contribution in [0.5, 0.6) is 5.75 Å². The third kappa shape index (κ3) is 7.81. The molecular formula is C46H61ClN10O4. The van der Waals surface area contributed by atoms with E-state index in [0.29, 0.717) is 58.2 Å². The first kappa shape index (κ1) is 41.8. The highest BCUT2D eigenvalue weighted by Gasteiger charge is 2.56. The standard InChI is InChI=1S/C46H61ClN10O4/c1-6-32-24-55(37-16-36(51-52-43(37)48)35-9-7-8-10-38(35)59)23-28(5)57(32)45-49-21-31(22-50-45)29-11-13-54(14-12-29)33-19-46(20-33)17-30(18-46)41-40(47)42(61-53-41)39(26(2)3)44(60)56-25-34(58)15-27(56)4/h7-10,16,21-22,26-30,32-34,39,58-59H,6,11-15,17-20,23-25H2,1-5H3,(H2,48,52)/t27-,28?,30?,32?,33?,34-,39-,46?/m1/s1. The maximum atomic E-state index is 13.7. The van der Waals surface area contributed by atoms with Crippen molar-refractivity contribution < 1.29 is 19.5 Å². The fourth-order valence-corrected chi connectivity index (χ4v) is 11.8. The number of β-amino-alcohol motifs (C(OH)–C–C–N with tert-alkyl or cyclic N) is 1. The van der Waals surface area contributed by atoms with E-state index < -0.39 is 12.0 Å². The number of piperidine rings is 1. The Kier molecular flexibility index (Phi) is 11.4. The zero-order chi connectivity index (χ0) is 42.7. The highest BCUT2D eigenvalue weighted by Crippen LogP contribution is 2.64. The number of amides is 1. The number of aromatic nitrogens is 5. The van der Waals surface area contributed by atoms with Crippen LogP contribution < -0.4 is 15.5 Å². The lowest BCUT2D eigenvalue weighted by molar-refractivity contribution is -0.135. The van der Waals surface area contributed by atoms with Gasteiger partial charge in [0.05, 0.1) is 17.5 Å². The van der Waals surface area contributed by atoms with Gasteiger partial charge in [0.15, 0.2) is 11.6 Å². The van der Waals surface area contributed by atoms with Crippen molar-refractivity contribution in [3.8, 4) is 17.0 Å². The molecule has 15 heteroatoms. The van der Waals surface area contributed by atoms with E-state index in [4.69, 9.17) is 31.8 Å². The second kappa shape index (κ2) is 16.6. The summed E-state index contributed by atoms with van der Waals surface area (Å²) >= 11 is 6.97. The molecule has 0 radical (unpaired) electrons. The van der Waals surface area contributed by atoms with Crippen LogP contribution in [0.15, 0.2) is 47.2 Å². The molecule has 0 bridgehead atoms. The molecule has 5 aliphatic rings. The first-order chi connectivity index (χ1) is 29.3. The predicted octanol–water partition coefficient (Wildman–Crippen LogP) is 6.98. The van der Waals surface area contributed by atoms with E-state index in [1.165, 1.54) is 18.4 Å². The van der Waals surface area contributed by atoms with Gasteiger partial charge < -0.3 is 40.1 Å². The summed E-state index contributed by atoms with van der Waals surface area (Å²) in [7, 11) is 0. The molecule has 61 heavy (non-hydrogen) atoms. The van der Waals surface area contributed by atoms with E-state index in [1.54, 1.807) is 17.0 Å². The van der Waals surface area contributed by atoms with Gasteiger partial charge in [0, 0.05) is 67.7 Å². The minimum atomic E-state index is -0.514. The van der Waals surface area contributed by atoms with E-state index in [-0.39, 0.29) is 41.6 Å². The number of hydrogen-bond donors (Lipinski definition) is 3. The number of carbonyl (C=O) groups excluding carboxylic acids is 1. The van der Waals surface area contributed by atoms with Crippen LogP contribution >= 0.6 is 11.6 Å². The number of nitrogens with zero attached hydrogens (tertiary/aromatic N) is 9. The number of hydrogen-bond acceptors (Lipinski definition) is 13. The molecule has 3 aliphatic heterocycles. The third-order valence-electron chi connectivity index (χ3n) is 14.8. The molecular weight excluding hydrogens is 792 g/mol. The Hall–Kier alpha value is -4.53. The molecule has 4 N–H and O–H groups in total. The fourth-order valence-electron chi connectivity index (χ4n) is 11.5. The van der Waals surface area contributed by atoms with Crippen molar-refractivity contribution in [1.29, 1.82) is 0 Å². The lowest BCUT2D eigenvalue weighted by Gasteiger charge is -2.60. The van der Waals surface area contributed by atoms with Gasteiger partial charge in [0.1, 0.15) is 22.4 Å². The van der Waals surface area contributed by atoms with Crippen molar-refractivity contribution in [1.82, 2.24) is 35.1 Å². The normalized spacial score (nSPS) is 29.0. The summed E-state index contributed by atoms with van der Waals surface area (Å²) in [6.07, 6.45) is 11.9. The second-order valence-corrected chi connectivity index (χ2v) is 19.6. The number of halogens is 1. The number of carbonyl (C=O) groups is 1. The topological polar surface area (TPSA) is 174 Å². The number of nitrogen functional groups attached to an aromatic ring is 1. The second-order valence-electron chi connectivity index (χ2n) is 19.2. The molecule has 3 aromatic heterocycles. The number of para-hydroxylation sites is 1. The molecule has 2 aliphatic carbocycles. The van der Waals surface area contributed by atoms with Gasteiger partial charge in [-0.15, -0.1) is 10.2 Å². The van der Waals surface area contributed by atoms with Crippen LogP contribution in [0.1, 0.15) is 121 Å². The van der Waals surface area contributed by atoms with E-state index in [9.17, 15) is 15.0 Å². The van der Waals surface area contributed by atoms with Crippen LogP contribution in [0.3, 0.4) is 0 Å². The predicted molar refractivity (Wildman–Crippen MR) is 236 cm³/mol. The molecule has 14 nitrogen and oxygen atoms in total. The van der Waals surface area contributed by atoms with Crippen LogP contribution in [-0.4, -0.2) is 114 Å². The van der Waals surface area contributed by atoms with Crippen molar-refractivity contribution in [2.45, 2.75) is 134 Å². The Labute approximate surface area is 363 Å². The monoisotopic (exact) mass is 852 g/mol. The SMILES string of the molecule is CCC1CN(c2cc(-c3ccccc3O)nnc2N)CC(C)N1c1ncc(C2CCN(C3CC4(CC(c5noc([C@H](C(=O)N6C[C@H](O)C[C@H]6C)C(C)C)c5Cl)C4)C3)CC2)cn1. The molecule has 2 unspecified atom stereocenters. The zero-order valence-corrected chi connectivity index (χ0v) is 36.9. The van der Waals surface area contributed by atoms with Gasteiger partial charge in [-0.25, -0.2) is 9.97 Å². The number of phenolic OH excluding ortho intramolecular Hbond substituents is 1.